The first-order valence-corrected chi connectivity index (χ1v) is 7.16. The second-order valence-corrected chi connectivity index (χ2v) is 5.30. The smallest absolute Gasteiger partial charge is 0.337 e. The molecule has 0 bridgehead atoms. The number of hydrogen-bond donors (Lipinski definition) is 1. The SMILES string of the molecule is CCSc1cccc(Oc2cncc(C(=O)O)c2)c1C#N. The van der Waals surface area contributed by atoms with Gasteiger partial charge in [-0.25, -0.2) is 4.79 Å². The lowest BCUT2D eigenvalue weighted by Gasteiger charge is -2.10. The molecule has 2 aromatic rings. The maximum atomic E-state index is 10.9. The van der Waals surface area contributed by atoms with Crippen molar-refractivity contribution in [3.8, 4) is 17.6 Å². The number of benzene rings is 1. The van der Waals surface area contributed by atoms with E-state index in [2.05, 4.69) is 11.1 Å². The van der Waals surface area contributed by atoms with Gasteiger partial charge in [-0.1, -0.05) is 13.0 Å². The molecule has 106 valence electrons. The van der Waals surface area contributed by atoms with Crippen molar-refractivity contribution in [3.05, 3.63) is 47.8 Å². The van der Waals surface area contributed by atoms with E-state index in [1.54, 1.807) is 23.9 Å². The Morgan fingerprint density at radius 2 is 2.29 bits per heavy atom. The van der Waals surface area contributed by atoms with Crippen molar-refractivity contribution in [1.82, 2.24) is 4.98 Å². The minimum atomic E-state index is -1.08. The fraction of sp³-hybridized carbons (Fsp3) is 0.133. The molecule has 0 aliphatic carbocycles. The minimum Gasteiger partial charge on any atom is -0.478 e. The van der Waals surface area contributed by atoms with Crippen molar-refractivity contribution >= 4 is 17.7 Å². The Morgan fingerprint density at radius 1 is 1.48 bits per heavy atom. The van der Waals surface area contributed by atoms with Crippen LogP contribution in [0.25, 0.3) is 0 Å². The van der Waals surface area contributed by atoms with Crippen molar-refractivity contribution in [3.63, 3.8) is 0 Å². The van der Waals surface area contributed by atoms with Crippen molar-refractivity contribution in [2.45, 2.75) is 11.8 Å². The molecule has 21 heavy (non-hydrogen) atoms. The van der Waals surface area contributed by atoms with Crippen LogP contribution in [0.4, 0.5) is 0 Å². The van der Waals surface area contributed by atoms with Gasteiger partial charge in [0.25, 0.3) is 0 Å². The van der Waals surface area contributed by atoms with Gasteiger partial charge < -0.3 is 9.84 Å². The fourth-order valence-electron chi connectivity index (χ4n) is 1.70. The van der Waals surface area contributed by atoms with E-state index in [0.29, 0.717) is 11.3 Å². The highest BCUT2D eigenvalue weighted by Gasteiger charge is 2.11. The summed E-state index contributed by atoms with van der Waals surface area (Å²) >= 11 is 1.55. The monoisotopic (exact) mass is 300 g/mol. The van der Waals surface area contributed by atoms with Crippen LogP contribution in [0.5, 0.6) is 11.5 Å². The fourth-order valence-corrected chi connectivity index (χ4v) is 2.48. The number of thioether (sulfide) groups is 1. The number of pyridine rings is 1. The largest absolute Gasteiger partial charge is 0.478 e. The van der Waals surface area contributed by atoms with Crippen LogP contribution in [0.1, 0.15) is 22.8 Å². The number of rotatable bonds is 5. The van der Waals surface area contributed by atoms with E-state index < -0.39 is 5.97 Å². The van der Waals surface area contributed by atoms with Crippen molar-refractivity contribution in [2.75, 3.05) is 5.75 Å². The molecule has 0 radical (unpaired) electrons. The standard InChI is InChI=1S/C15H12N2O3S/c1-2-21-14-5-3-4-13(12(14)7-16)20-11-6-10(15(18)19)8-17-9-11/h3-6,8-9H,2H2,1H3,(H,18,19). The third-order valence-electron chi connectivity index (χ3n) is 2.59. The molecular formula is C15H12N2O3S. The Balaban J connectivity index is 2.36. The second-order valence-electron chi connectivity index (χ2n) is 3.99. The first-order valence-electron chi connectivity index (χ1n) is 6.17. The molecule has 0 saturated carbocycles. The van der Waals surface area contributed by atoms with Gasteiger partial charge in [0.2, 0.25) is 0 Å². The second kappa shape index (κ2) is 6.77. The van der Waals surface area contributed by atoms with E-state index in [1.807, 2.05) is 13.0 Å². The zero-order chi connectivity index (χ0) is 15.2. The molecule has 0 saturated heterocycles. The van der Waals surface area contributed by atoms with Crippen LogP contribution in [-0.4, -0.2) is 21.8 Å². The van der Waals surface area contributed by atoms with Gasteiger partial charge in [0.05, 0.1) is 11.8 Å². The first kappa shape index (κ1) is 14.9. The quantitative estimate of drug-likeness (QED) is 0.850. The number of ether oxygens (including phenoxy) is 1. The molecule has 1 aromatic carbocycles. The van der Waals surface area contributed by atoms with Crippen LogP contribution in [0.2, 0.25) is 0 Å². The summed E-state index contributed by atoms with van der Waals surface area (Å²) in [6, 6.07) is 8.81. The van der Waals surface area contributed by atoms with Crippen LogP contribution in [0.15, 0.2) is 41.6 Å². The van der Waals surface area contributed by atoms with Crippen LogP contribution in [0, 0.1) is 11.3 Å². The van der Waals surface area contributed by atoms with Crippen LogP contribution in [0.3, 0.4) is 0 Å². The van der Waals surface area contributed by atoms with E-state index in [4.69, 9.17) is 9.84 Å². The number of carbonyl (C=O) groups is 1. The number of carboxylic acids is 1. The Morgan fingerprint density at radius 3 is 2.95 bits per heavy atom. The van der Waals surface area contributed by atoms with E-state index in [9.17, 15) is 10.1 Å². The predicted octanol–water partition coefficient (Wildman–Crippen LogP) is 3.56. The van der Waals surface area contributed by atoms with Gasteiger partial charge in [0.1, 0.15) is 23.1 Å². The summed E-state index contributed by atoms with van der Waals surface area (Å²) in [5.41, 5.74) is 0.468. The van der Waals surface area contributed by atoms with Gasteiger partial charge in [-0.15, -0.1) is 11.8 Å². The lowest BCUT2D eigenvalue weighted by molar-refractivity contribution is 0.0696. The van der Waals surface area contributed by atoms with E-state index >= 15 is 0 Å². The predicted molar refractivity (Wildman–Crippen MR) is 78.8 cm³/mol. The van der Waals surface area contributed by atoms with E-state index in [0.717, 1.165) is 10.6 Å². The molecule has 1 heterocycles. The number of hydrogen-bond acceptors (Lipinski definition) is 5. The zero-order valence-electron chi connectivity index (χ0n) is 11.2. The van der Waals surface area contributed by atoms with Crippen molar-refractivity contribution in [1.29, 1.82) is 5.26 Å². The van der Waals surface area contributed by atoms with Crippen molar-refractivity contribution < 1.29 is 14.6 Å². The van der Waals surface area contributed by atoms with Gasteiger partial charge in [0.15, 0.2) is 0 Å². The maximum Gasteiger partial charge on any atom is 0.337 e. The summed E-state index contributed by atoms with van der Waals surface area (Å²) in [6.07, 6.45) is 2.65. The topological polar surface area (TPSA) is 83.2 Å². The summed E-state index contributed by atoms with van der Waals surface area (Å²) in [7, 11) is 0. The Labute approximate surface area is 126 Å². The molecule has 0 atom stereocenters. The summed E-state index contributed by atoms with van der Waals surface area (Å²) in [6.45, 7) is 2.00. The highest BCUT2D eigenvalue weighted by Crippen LogP contribution is 2.32. The highest BCUT2D eigenvalue weighted by atomic mass is 32.2. The lowest BCUT2D eigenvalue weighted by atomic mass is 10.2. The third kappa shape index (κ3) is 3.52. The first-order chi connectivity index (χ1) is 10.2. The molecule has 1 aromatic heterocycles. The summed E-state index contributed by atoms with van der Waals surface area (Å²) in [5.74, 6) is 0.433. The molecule has 6 heteroatoms. The normalized spacial score (nSPS) is 9.90. The number of carboxylic acid groups (broad SMARTS) is 1. The molecule has 0 aliphatic rings. The maximum absolute atomic E-state index is 10.9. The van der Waals surface area contributed by atoms with Gasteiger partial charge in [0, 0.05) is 11.1 Å². The third-order valence-corrected chi connectivity index (χ3v) is 3.53. The number of aromatic nitrogens is 1. The van der Waals surface area contributed by atoms with Gasteiger partial charge >= 0.3 is 5.97 Å². The molecule has 2 rings (SSSR count). The van der Waals surface area contributed by atoms with Crippen LogP contribution in [-0.2, 0) is 0 Å². The molecule has 1 N–H and O–H groups in total. The number of nitriles is 1. The lowest BCUT2D eigenvalue weighted by Crippen LogP contribution is -1.98. The average molecular weight is 300 g/mol. The molecule has 5 nitrogen and oxygen atoms in total. The molecule has 0 spiro atoms. The van der Waals surface area contributed by atoms with Crippen molar-refractivity contribution in [2.24, 2.45) is 0 Å². The average Bonchev–Trinajstić information content (AvgIpc) is 2.48. The zero-order valence-corrected chi connectivity index (χ0v) is 12.1. The minimum absolute atomic E-state index is 0.0325. The summed E-state index contributed by atoms with van der Waals surface area (Å²) < 4.78 is 5.62. The molecule has 0 unspecified atom stereocenters. The summed E-state index contributed by atoms with van der Waals surface area (Å²) in [4.78, 5) is 15.6. The number of aromatic carboxylic acids is 1. The molecule has 0 aliphatic heterocycles. The Kier molecular flexibility index (Phi) is 4.80. The highest BCUT2D eigenvalue weighted by molar-refractivity contribution is 7.99. The Bertz CT molecular complexity index is 710. The van der Waals surface area contributed by atoms with E-state index in [1.165, 1.54) is 18.5 Å². The number of nitrogens with zero attached hydrogens (tertiary/aromatic N) is 2. The molecule has 0 fully saturated rings. The molecular weight excluding hydrogens is 288 g/mol. The van der Waals surface area contributed by atoms with Crippen LogP contribution >= 0.6 is 11.8 Å². The summed E-state index contributed by atoms with van der Waals surface area (Å²) in [5, 5.41) is 18.2. The van der Waals surface area contributed by atoms with Gasteiger partial charge in [-0.2, -0.15) is 5.26 Å². The van der Waals surface area contributed by atoms with E-state index in [-0.39, 0.29) is 11.3 Å². The van der Waals surface area contributed by atoms with Crippen LogP contribution < -0.4 is 4.74 Å². The Hall–Kier alpha value is -2.52. The van der Waals surface area contributed by atoms with Gasteiger partial charge in [-0.05, 0) is 24.0 Å². The molecule has 0 amide bonds. The van der Waals surface area contributed by atoms with Gasteiger partial charge in [-0.3, -0.25) is 4.98 Å².